The molecule has 21 heavy (non-hydrogen) atoms. The monoisotopic (exact) mass is 315 g/mol. The molecule has 0 spiro atoms. The second-order valence-electron chi connectivity index (χ2n) is 5.14. The molecule has 0 aliphatic heterocycles. The van der Waals surface area contributed by atoms with Crippen molar-refractivity contribution in [3.05, 3.63) is 18.2 Å². The van der Waals surface area contributed by atoms with Gasteiger partial charge in [0.05, 0.1) is 26.0 Å². The molecule has 0 aromatic heterocycles. The number of ether oxygens (including phenoxy) is 2. The average Bonchev–Trinajstić information content (AvgIpc) is 2.46. The Kier molecular flexibility index (Phi) is 4.95. The van der Waals surface area contributed by atoms with Crippen LogP contribution in [0.25, 0.3) is 0 Å². The smallest absolute Gasteiger partial charge is 0.238 e. The lowest BCUT2D eigenvalue weighted by Crippen LogP contribution is -2.40. The van der Waals surface area contributed by atoms with Gasteiger partial charge in [0.2, 0.25) is 10.0 Å². The van der Waals surface area contributed by atoms with Gasteiger partial charge in [-0.3, -0.25) is 4.72 Å². The molecular formula is C14H21NO5S. The van der Waals surface area contributed by atoms with Gasteiger partial charge in [0.15, 0.2) is 0 Å². The number of nitrogens with one attached hydrogen (secondary N) is 1. The van der Waals surface area contributed by atoms with Gasteiger partial charge in [-0.1, -0.05) is 12.8 Å². The SMILES string of the molecule is COc1cc(NS(=O)(=O)C2CCCCC2O)cc(OC)c1. The molecule has 1 aliphatic rings. The zero-order valence-corrected chi connectivity index (χ0v) is 13.0. The Hall–Kier alpha value is -1.47. The van der Waals surface area contributed by atoms with E-state index in [0.717, 1.165) is 12.8 Å². The Morgan fingerprint density at radius 2 is 1.67 bits per heavy atom. The molecule has 7 heteroatoms. The topological polar surface area (TPSA) is 84.9 Å². The molecule has 0 saturated heterocycles. The molecule has 2 rings (SSSR count). The van der Waals surface area contributed by atoms with E-state index in [9.17, 15) is 13.5 Å². The van der Waals surface area contributed by atoms with Gasteiger partial charge in [-0.25, -0.2) is 8.42 Å². The molecule has 2 N–H and O–H groups in total. The molecule has 2 atom stereocenters. The zero-order chi connectivity index (χ0) is 15.5. The van der Waals surface area contributed by atoms with E-state index in [0.29, 0.717) is 30.0 Å². The van der Waals surface area contributed by atoms with Gasteiger partial charge in [0, 0.05) is 18.2 Å². The highest BCUT2D eigenvalue weighted by Crippen LogP contribution is 2.29. The number of anilines is 1. The summed E-state index contributed by atoms with van der Waals surface area (Å²) in [6.45, 7) is 0. The van der Waals surface area contributed by atoms with Gasteiger partial charge in [0.1, 0.15) is 16.7 Å². The maximum absolute atomic E-state index is 12.4. The minimum absolute atomic E-state index is 0.365. The number of hydrogen-bond acceptors (Lipinski definition) is 5. The molecule has 0 amide bonds. The van der Waals surface area contributed by atoms with Gasteiger partial charge in [-0.05, 0) is 12.8 Å². The van der Waals surface area contributed by atoms with Crippen molar-refractivity contribution in [1.29, 1.82) is 0 Å². The molecule has 1 fully saturated rings. The third kappa shape index (κ3) is 3.79. The molecule has 2 unspecified atom stereocenters. The van der Waals surface area contributed by atoms with Crippen molar-refractivity contribution in [2.75, 3.05) is 18.9 Å². The van der Waals surface area contributed by atoms with Gasteiger partial charge >= 0.3 is 0 Å². The van der Waals surface area contributed by atoms with E-state index in [4.69, 9.17) is 9.47 Å². The van der Waals surface area contributed by atoms with E-state index in [2.05, 4.69) is 4.72 Å². The van der Waals surface area contributed by atoms with E-state index in [1.165, 1.54) is 14.2 Å². The summed E-state index contributed by atoms with van der Waals surface area (Å²) >= 11 is 0. The first-order valence-corrected chi connectivity index (χ1v) is 8.43. The van der Waals surface area contributed by atoms with E-state index >= 15 is 0 Å². The standard InChI is InChI=1S/C14H21NO5S/c1-19-11-7-10(8-12(9-11)20-2)15-21(17,18)14-6-4-3-5-13(14)16/h7-9,13-16H,3-6H2,1-2H3. The highest BCUT2D eigenvalue weighted by Gasteiger charge is 2.34. The molecular weight excluding hydrogens is 294 g/mol. The number of benzene rings is 1. The van der Waals surface area contributed by atoms with Crippen LogP contribution in [0, 0.1) is 0 Å². The van der Waals surface area contributed by atoms with Crippen LogP contribution in [0.5, 0.6) is 11.5 Å². The lowest BCUT2D eigenvalue weighted by Gasteiger charge is -2.27. The van der Waals surface area contributed by atoms with Crippen molar-refractivity contribution < 1.29 is 23.0 Å². The fourth-order valence-electron chi connectivity index (χ4n) is 2.55. The summed E-state index contributed by atoms with van der Waals surface area (Å²) < 4.78 is 37.6. The predicted octanol–water partition coefficient (Wildman–Crippen LogP) is 1.75. The number of aliphatic hydroxyl groups excluding tert-OH is 1. The van der Waals surface area contributed by atoms with Crippen LogP contribution in [0.1, 0.15) is 25.7 Å². The normalized spacial score (nSPS) is 22.6. The van der Waals surface area contributed by atoms with E-state index in [1.54, 1.807) is 18.2 Å². The van der Waals surface area contributed by atoms with E-state index in [-0.39, 0.29) is 0 Å². The minimum atomic E-state index is -3.65. The summed E-state index contributed by atoms with van der Waals surface area (Å²) in [5.41, 5.74) is 0.365. The van der Waals surface area contributed by atoms with Crippen LogP contribution in [-0.4, -0.2) is 39.1 Å². The lowest BCUT2D eigenvalue weighted by molar-refractivity contribution is 0.133. The van der Waals surface area contributed by atoms with Gasteiger partial charge in [-0.15, -0.1) is 0 Å². The molecule has 1 aromatic rings. The van der Waals surface area contributed by atoms with Gasteiger partial charge in [0.25, 0.3) is 0 Å². The second kappa shape index (κ2) is 6.53. The average molecular weight is 315 g/mol. The number of aliphatic hydroxyl groups is 1. The first-order chi connectivity index (χ1) is 9.96. The highest BCUT2D eigenvalue weighted by molar-refractivity contribution is 7.93. The van der Waals surface area contributed by atoms with Crippen molar-refractivity contribution in [3.8, 4) is 11.5 Å². The highest BCUT2D eigenvalue weighted by atomic mass is 32.2. The Labute approximate surface area is 125 Å². The van der Waals surface area contributed by atoms with Crippen molar-refractivity contribution in [2.24, 2.45) is 0 Å². The maximum Gasteiger partial charge on any atom is 0.238 e. The summed E-state index contributed by atoms with van der Waals surface area (Å²) in [7, 11) is -0.651. The number of sulfonamides is 1. The van der Waals surface area contributed by atoms with Crippen LogP contribution in [0.3, 0.4) is 0 Å². The molecule has 1 saturated carbocycles. The predicted molar refractivity (Wildman–Crippen MR) is 80.4 cm³/mol. The Balaban J connectivity index is 2.23. The van der Waals surface area contributed by atoms with Gasteiger partial charge < -0.3 is 14.6 Å². The summed E-state index contributed by atoms with van der Waals surface area (Å²) in [6.07, 6.45) is 1.85. The molecule has 1 aromatic carbocycles. The van der Waals surface area contributed by atoms with E-state index < -0.39 is 21.4 Å². The lowest BCUT2D eigenvalue weighted by atomic mass is 9.97. The molecule has 6 nitrogen and oxygen atoms in total. The van der Waals surface area contributed by atoms with Crippen LogP contribution in [0.4, 0.5) is 5.69 Å². The Morgan fingerprint density at radius 1 is 1.10 bits per heavy atom. The summed E-state index contributed by atoms with van der Waals surface area (Å²) in [5.74, 6) is 0.993. The van der Waals surface area contributed by atoms with Crippen molar-refractivity contribution in [1.82, 2.24) is 0 Å². The quantitative estimate of drug-likeness (QED) is 0.864. The zero-order valence-electron chi connectivity index (χ0n) is 12.2. The Morgan fingerprint density at radius 3 is 2.19 bits per heavy atom. The minimum Gasteiger partial charge on any atom is -0.497 e. The molecule has 0 bridgehead atoms. The van der Waals surface area contributed by atoms with Crippen LogP contribution in [0.15, 0.2) is 18.2 Å². The largest absolute Gasteiger partial charge is 0.497 e. The number of hydrogen-bond donors (Lipinski definition) is 2. The molecule has 0 radical (unpaired) electrons. The van der Waals surface area contributed by atoms with Crippen LogP contribution >= 0.6 is 0 Å². The van der Waals surface area contributed by atoms with Crippen molar-refractivity contribution in [2.45, 2.75) is 37.0 Å². The fourth-order valence-corrected chi connectivity index (χ4v) is 4.17. The first kappa shape index (κ1) is 15.9. The summed E-state index contributed by atoms with van der Waals surface area (Å²) in [4.78, 5) is 0. The molecule has 118 valence electrons. The van der Waals surface area contributed by atoms with Gasteiger partial charge in [-0.2, -0.15) is 0 Å². The first-order valence-electron chi connectivity index (χ1n) is 6.89. The van der Waals surface area contributed by atoms with Crippen LogP contribution in [-0.2, 0) is 10.0 Å². The van der Waals surface area contributed by atoms with Crippen LogP contribution < -0.4 is 14.2 Å². The third-order valence-electron chi connectivity index (χ3n) is 3.68. The summed E-state index contributed by atoms with van der Waals surface area (Å²) in [6, 6.07) is 4.82. The molecule has 0 heterocycles. The van der Waals surface area contributed by atoms with E-state index in [1.807, 2.05) is 0 Å². The fraction of sp³-hybridized carbons (Fsp3) is 0.571. The third-order valence-corrected chi connectivity index (χ3v) is 5.55. The molecule has 1 aliphatic carbocycles. The second-order valence-corrected chi connectivity index (χ2v) is 7.04. The number of methoxy groups -OCH3 is 2. The summed E-state index contributed by atoms with van der Waals surface area (Å²) in [5, 5.41) is 9.14. The maximum atomic E-state index is 12.4. The number of rotatable bonds is 5. The van der Waals surface area contributed by atoms with Crippen molar-refractivity contribution >= 4 is 15.7 Å². The van der Waals surface area contributed by atoms with Crippen molar-refractivity contribution in [3.63, 3.8) is 0 Å². The Bertz CT molecular complexity index is 565. The van der Waals surface area contributed by atoms with Crippen LogP contribution in [0.2, 0.25) is 0 Å².